The lowest BCUT2D eigenvalue weighted by Crippen LogP contribution is -2.36. The maximum atomic E-state index is 12.3. The van der Waals surface area contributed by atoms with E-state index in [1.165, 1.54) is 6.07 Å². The number of amides is 1. The Labute approximate surface area is 139 Å². The standard InChI is InChI=1S/C15H18N4O4S/c1-10-17-13(15(20)19-11-4-6-24(21,22)9-11)7-14(18-10)16-8-12-3-2-5-23-12/h2-3,5,7,11H,4,6,8-9H2,1H3,(H,19,20)(H,16,17,18). The third kappa shape index (κ3) is 4.10. The number of furan rings is 1. The largest absolute Gasteiger partial charge is 0.467 e. The summed E-state index contributed by atoms with van der Waals surface area (Å²) in [7, 11) is -3.04. The molecular weight excluding hydrogens is 332 g/mol. The molecule has 1 unspecified atom stereocenters. The van der Waals surface area contributed by atoms with Gasteiger partial charge in [-0.1, -0.05) is 0 Å². The van der Waals surface area contributed by atoms with Gasteiger partial charge in [0, 0.05) is 12.1 Å². The Morgan fingerprint density at radius 2 is 2.25 bits per heavy atom. The zero-order valence-electron chi connectivity index (χ0n) is 13.2. The van der Waals surface area contributed by atoms with Crippen LogP contribution in [0.5, 0.6) is 0 Å². The second-order valence-electron chi connectivity index (χ2n) is 5.69. The number of rotatable bonds is 5. The molecule has 1 aliphatic heterocycles. The third-order valence-corrected chi connectivity index (χ3v) is 5.43. The number of nitrogens with one attached hydrogen (secondary N) is 2. The maximum absolute atomic E-state index is 12.3. The lowest BCUT2D eigenvalue weighted by atomic mass is 10.2. The van der Waals surface area contributed by atoms with Crippen molar-refractivity contribution in [2.75, 3.05) is 16.8 Å². The number of carbonyl (C=O) groups excluding carboxylic acids is 1. The topological polar surface area (TPSA) is 114 Å². The highest BCUT2D eigenvalue weighted by Crippen LogP contribution is 2.13. The Morgan fingerprint density at radius 1 is 1.42 bits per heavy atom. The molecule has 3 rings (SSSR count). The van der Waals surface area contributed by atoms with E-state index in [1.807, 2.05) is 6.07 Å². The molecule has 1 atom stereocenters. The van der Waals surface area contributed by atoms with Gasteiger partial charge in [0.1, 0.15) is 23.1 Å². The van der Waals surface area contributed by atoms with E-state index in [0.717, 1.165) is 5.76 Å². The molecular formula is C15H18N4O4S. The summed E-state index contributed by atoms with van der Waals surface area (Å²) in [5, 5.41) is 5.79. The number of hydrogen-bond donors (Lipinski definition) is 2. The van der Waals surface area contributed by atoms with E-state index in [9.17, 15) is 13.2 Å². The summed E-state index contributed by atoms with van der Waals surface area (Å²) in [6, 6.07) is 4.79. The molecule has 0 aromatic carbocycles. The van der Waals surface area contributed by atoms with Gasteiger partial charge in [0.2, 0.25) is 0 Å². The van der Waals surface area contributed by atoms with E-state index in [0.29, 0.717) is 24.6 Å². The second kappa shape index (κ2) is 6.60. The maximum Gasteiger partial charge on any atom is 0.270 e. The van der Waals surface area contributed by atoms with Crippen molar-refractivity contribution in [3.8, 4) is 0 Å². The normalized spacial score (nSPS) is 19.1. The van der Waals surface area contributed by atoms with Crippen LogP contribution in [0.25, 0.3) is 0 Å². The van der Waals surface area contributed by atoms with Crippen LogP contribution in [0.4, 0.5) is 5.82 Å². The fraction of sp³-hybridized carbons (Fsp3) is 0.400. The van der Waals surface area contributed by atoms with E-state index in [1.54, 1.807) is 19.3 Å². The van der Waals surface area contributed by atoms with E-state index in [4.69, 9.17) is 4.42 Å². The molecule has 2 aromatic rings. The van der Waals surface area contributed by atoms with Crippen molar-refractivity contribution in [2.45, 2.75) is 25.9 Å². The van der Waals surface area contributed by atoms with Crippen molar-refractivity contribution in [3.05, 3.63) is 41.7 Å². The van der Waals surface area contributed by atoms with Crippen LogP contribution in [0.1, 0.15) is 28.5 Å². The number of aromatic nitrogens is 2. The number of carbonyl (C=O) groups is 1. The Balaban J connectivity index is 1.67. The van der Waals surface area contributed by atoms with E-state index in [-0.39, 0.29) is 23.2 Å². The highest BCUT2D eigenvalue weighted by molar-refractivity contribution is 7.91. The van der Waals surface area contributed by atoms with Crippen LogP contribution in [0.15, 0.2) is 28.9 Å². The van der Waals surface area contributed by atoms with Crippen LogP contribution < -0.4 is 10.6 Å². The Kier molecular flexibility index (Phi) is 4.52. The molecule has 2 N–H and O–H groups in total. The minimum atomic E-state index is -3.04. The van der Waals surface area contributed by atoms with Crippen LogP contribution in [0.3, 0.4) is 0 Å². The van der Waals surface area contributed by atoms with E-state index in [2.05, 4.69) is 20.6 Å². The van der Waals surface area contributed by atoms with Crippen LogP contribution >= 0.6 is 0 Å². The van der Waals surface area contributed by atoms with Gasteiger partial charge in [0.05, 0.1) is 24.3 Å². The first kappa shape index (κ1) is 16.4. The highest BCUT2D eigenvalue weighted by atomic mass is 32.2. The summed E-state index contributed by atoms with van der Waals surface area (Å²) in [4.78, 5) is 20.7. The molecule has 0 spiro atoms. The lowest BCUT2D eigenvalue weighted by molar-refractivity contribution is 0.0935. The first-order valence-electron chi connectivity index (χ1n) is 7.54. The highest BCUT2D eigenvalue weighted by Gasteiger charge is 2.29. The number of nitrogens with zero attached hydrogens (tertiary/aromatic N) is 2. The molecule has 128 valence electrons. The van der Waals surface area contributed by atoms with Gasteiger partial charge in [-0.2, -0.15) is 0 Å². The van der Waals surface area contributed by atoms with E-state index >= 15 is 0 Å². The predicted octanol–water partition coefficient (Wildman–Crippen LogP) is 0.907. The minimum absolute atomic E-state index is 0.0214. The monoisotopic (exact) mass is 350 g/mol. The fourth-order valence-corrected chi connectivity index (χ4v) is 4.21. The third-order valence-electron chi connectivity index (χ3n) is 3.66. The second-order valence-corrected chi connectivity index (χ2v) is 7.92. The molecule has 24 heavy (non-hydrogen) atoms. The molecule has 3 heterocycles. The Hall–Kier alpha value is -2.42. The molecule has 2 aromatic heterocycles. The summed E-state index contributed by atoms with van der Waals surface area (Å²) >= 11 is 0. The molecule has 0 bridgehead atoms. The van der Waals surface area contributed by atoms with Gasteiger partial charge >= 0.3 is 0 Å². The Morgan fingerprint density at radius 3 is 2.92 bits per heavy atom. The smallest absolute Gasteiger partial charge is 0.270 e. The van der Waals surface area contributed by atoms with Crippen LogP contribution in [-0.4, -0.2) is 41.8 Å². The van der Waals surface area contributed by atoms with Gasteiger partial charge in [0.15, 0.2) is 9.84 Å². The zero-order chi connectivity index (χ0) is 17.2. The lowest BCUT2D eigenvalue weighted by Gasteiger charge is -2.12. The molecule has 1 saturated heterocycles. The van der Waals surface area contributed by atoms with Gasteiger partial charge in [-0.3, -0.25) is 4.79 Å². The average Bonchev–Trinajstić information content (AvgIpc) is 3.14. The molecule has 8 nitrogen and oxygen atoms in total. The summed E-state index contributed by atoms with van der Waals surface area (Å²) in [6.07, 6.45) is 2.01. The van der Waals surface area contributed by atoms with Crippen molar-refractivity contribution < 1.29 is 17.6 Å². The zero-order valence-corrected chi connectivity index (χ0v) is 14.0. The summed E-state index contributed by atoms with van der Waals surface area (Å²) in [5.74, 6) is 1.38. The number of sulfone groups is 1. The SMILES string of the molecule is Cc1nc(NCc2ccco2)cc(C(=O)NC2CCS(=O)(=O)C2)n1. The van der Waals surface area contributed by atoms with Crippen molar-refractivity contribution >= 4 is 21.6 Å². The van der Waals surface area contributed by atoms with Crippen LogP contribution in [0.2, 0.25) is 0 Å². The van der Waals surface area contributed by atoms with Gasteiger partial charge in [-0.15, -0.1) is 0 Å². The molecule has 9 heteroatoms. The summed E-state index contributed by atoms with van der Waals surface area (Å²) < 4.78 is 28.2. The van der Waals surface area contributed by atoms with Gasteiger partial charge < -0.3 is 15.1 Å². The van der Waals surface area contributed by atoms with Crippen molar-refractivity contribution in [1.29, 1.82) is 0 Å². The van der Waals surface area contributed by atoms with Gasteiger partial charge in [0.25, 0.3) is 5.91 Å². The molecule has 0 radical (unpaired) electrons. The first-order valence-corrected chi connectivity index (χ1v) is 9.37. The predicted molar refractivity (Wildman–Crippen MR) is 87.3 cm³/mol. The fourth-order valence-electron chi connectivity index (χ4n) is 2.53. The van der Waals surface area contributed by atoms with Crippen LogP contribution in [0, 0.1) is 6.92 Å². The molecule has 0 aliphatic carbocycles. The van der Waals surface area contributed by atoms with Gasteiger partial charge in [-0.05, 0) is 25.5 Å². The van der Waals surface area contributed by atoms with Crippen LogP contribution in [-0.2, 0) is 16.4 Å². The minimum Gasteiger partial charge on any atom is -0.467 e. The van der Waals surface area contributed by atoms with Crippen molar-refractivity contribution in [3.63, 3.8) is 0 Å². The number of anilines is 1. The number of hydrogen-bond acceptors (Lipinski definition) is 7. The molecule has 1 fully saturated rings. The van der Waals surface area contributed by atoms with Crippen molar-refractivity contribution in [1.82, 2.24) is 15.3 Å². The van der Waals surface area contributed by atoms with Crippen molar-refractivity contribution in [2.24, 2.45) is 0 Å². The summed E-state index contributed by atoms with van der Waals surface area (Å²) in [6.45, 7) is 2.13. The molecule has 0 saturated carbocycles. The average molecular weight is 350 g/mol. The quantitative estimate of drug-likeness (QED) is 0.823. The molecule has 1 aliphatic rings. The summed E-state index contributed by atoms with van der Waals surface area (Å²) in [5.41, 5.74) is 0.203. The Bertz CT molecular complexity index is 833. The number of aryl methyl sites for hydroxylation is 1. The first-order chi connectivity index (χ1) is 11.4. The molecule has 1 amide bonds. The van der Waals surface area contributed by atoms with Gasteiger partial charge in [-0.25, -0.2) is 18.4 Å². The van der Waals surface area contributed by atoms with E-state index < -0.39 is 15.7 Å².